The van der Waals surface area contributed by atoms with Crippen molar-refractivity contribution in [1.29, 1.82) is 0 Å². The fourth-order valence-corrected chi connectivity index (χ4v) is 5.40. The maximum atomic E-state index is 13.5. The number of ketones is 1. The highest BCUT2D eigenvalue weighted by atomic mass is 16.1. The third-order valence-electron chi connectivity index (χ3n) is 6.68. The number of aromatic nitrogens is 1. The van der Waals surface area contributed by atoms with Crippen LogP contribution in [0.15, 0.2) is 82.1 Å². The molecule has 0 saturated heterocycles. The lowest BCUT2D eigenvalue weighted by atomic mass is 9.58. The van der Waals surface area contributed by atoms with Gasteiger partial charge in [-0.2, -0.15) is 10.2 Å². The van der Waals surface area contributed by atoms with Crippen LogP contribution in [0.2, 0.25) is 0 Å². The normalized spacial score (nSPS) is 26.7. The third kappa shape index (κ3) is 2.76. The van der Waals surface area contributed by atoms with Crippen molar-refractivity contribution in [2.24, 2.45) is 15.6 Å². The summed E-state index contributed by atoms with van der Waals surface area (Å²) in [5, 5.41) is 12.2. The number of nitrogens with zero attached hydrogens (tertiary/aromatic N) is 3. The fourth-order valence-electron chi connectivity index (χ4n) is 5.40. The van der Waals surface area contributed by atoms with Gasteiger partial charge in [-0.1, -0.05) is 39.0 Å². The van der Waals surface area contributed by atoms with Crippen LogP contribution in [0.1, 0.15) is 45.6 Å². The summed E-state index contributed by atoms with van der Waals surface area (Å²) >= 11 is 0. The molecule has 3 heterocycles. The first kappa shape index (κ1) is 18.9. The summed E-state index contributed by atoms with van der Waals surface area (Å²) in [6, 6.07) is 12.6. The van der Waals surface area contributed by atoms with Crippen LogP contribution in [-0.2, 0) is 10.2 Å². The van der Waals surface area contributed by atoms with Crippen LogP contribution in [0.25, 0.3) is 11.1 Å². The summed E-state index contributed by atoms with van der Waals surface area (Å²) in [5.74, 6) is 0.233. The first-order chi connectivity index (χ1) is 14.4. The molecule has 5 nitrogen and oxygen atoms in total. The van der Waals surface area contributed by atoms with E-state index in [1.54, 1.807) is 0 Å². The standard InChI is InChI=1S/C25H26N4O/c1-4-25(18-7-5-6-17(12-18)16-8-10-26-11-9-16)19-15-27-29-23(19)28-20-13-24(2,3)14-21(30)22(20)25/h5-12,15,23,28H,4,13-14H2,1-3H3/t23?,25-/m1/s1. The largest absolute Gasteiger partial charge is 0.362 e. The molecular formula is C25H26N4O. The van der Waals surface area contributed by atoms with Crippen molar-refractivity contribution in [2.75, 3.05) is 0 Å². The minimum absolute atomic E-state index is 0.0573. The molecular weight excluding hydrogens is 372 g/mol. The van der Waals surface area contributed by atoms with E-state index in [9.17, 15) is 4.79 Å². The Kier molecular flexibility index (Phi) is 4.24. The molecule has 5 rings (SSSR count). The molecule has 0 amide bonds. The lowest BCUT2D eigenvalue weighted by Crippen LogP contribution is -2.51. The Morgan fingerprint density at radius 3 is 2.67 bits per heavy atom. The molecule has 2 aromatic rings. The van der Waals surface area contributed by atoms with Crippen molar-refractivity contribution >= 4 is 5.78 Å². The predicted octanol–water partition coefficient (Wildman–Crippen LogP) is 5.32. The van der Waals surface area contributed by atoms with Gasteiger partial charge < -0.3 is 5.32 Å². The Bertz CT molecular complexity index is 1110. The first-order valence-electron chi connectivity index (χ1n) is 10.6. The van der Waals surface area contributed by atoms with Crippen molar-refractivity contribution in [3.63, 3.8) is 0 Å². The summed E-state index contributed by atoms with van der Waals surface area (Å²) in [6.45, 7) is 6.49. The minimum atomic E-state index is -0.509. The lowest BCUT2D eigenvalue weighted by molar-refractivity contribution is -0.119. The molecule has 3 aliphatic rings. The fraction of sp³-hybridized carbons (Fsp3) is 0.360. The highest BCUT2D eigenvalue weighted by molar-refractivity contribution is 6.01. The van der Waals surface area contributed by atoms with E-state index in [2.05, 4.69) is 65.6 Å². The Labute approximate surface area is 177 Å². The number of carbonyl (C=O) groups excluding carboxylic acids is 1. The van der Waals surface area contributed by atoms with Crippen LogP contribution >= 0.6 is 0 Å². The number of benzene rings is 1. The highest BCUT2D eigenvalue weighted by Gasteiger charge is 2.52. The zero-order valence-electron chi connectivity index (χ0n) is 17.6. The second-order valence-corrected chi connectivity index (χ2v) is 9.23. The lowest BCUT2D eigenvalue weighted by Gasteiger charge is -2.47. The zero-order valence-corrected chi connectivity index (χ0v) is 17.6. The van der Waals surface area contributed by atoms with E-state index in [1.165, 1.54) is 0 Å². The Morgan fingerprint density at radius 2 is 1.90 bits per heavy atom. The number of rotatable bonds is 3. The van der Waals surface area contributed by atoms with Crippen LogP contribution in [0.3, 0.4) is 0 Å². The topological polar surface area (TPSA) is 66.7 Å². The molecule has 2 atom stereocenters. The number of fused-ring (bicyclic) bond motifs is 1. The summed E-state index contributed by atoms with van der Waals surface area (Å²) in [6.07, 6.45) is 7.47. The average Bonchev–Trinajstić information content (AvgIpc) is 3.21. The van der Waals surface area contributed by atoms with Crippen LogP contribution < -0.4 is 5.32 Å². The molecule has 1 aliphatic carbocycles. The van der Waals surface area contributed by atoms with Crippen LogP contribution in [0.5, 0.6) is 0 Å². The molecule has 1 aromatic carbocycles. The van der Waals surface area contributed by atoms with Gasteiger partial charge in [0.05, 0.1) is 11.6 Å². The number of hydrogen-bond donors (Lipinski definition) is 1. The Balaban J connectivity index is 1.74. The second kappa shape index (κ2) is 6.73. The van der Waals surface area contributed by atoms with Gasteiger partial charge in [0.25, 0.3) is 0 Å². The molecule has 152 valence electrons. The van der Waals surface area contributed by atoms with Crippen molar-refractivity contribution in [1.82, 2.24) is 10.3 Å². The van der Waals surface area contributed by atoms with Gasteiger partial charge in [0, 0.05) is 35.7 Å². The maximum absolute atomic E-state index is 13.5. The van der Waals surface area contributed by atoms with E-state index >= 15 is 0 Å². The second-order valence-electron chi connectivity index (χ2n) is 9.23. The summed E-state index contributed by atoms with van der Waals surface area (Å²) in [5.41, 5.74) is 5.82. The number of pyridine rings is 1. The van der Waals surface area contributed by atoms with Gasteiger partial charge in [-0.15, -0.1) is 0 Å². The Morgan fingerprint density at radius 1 is 1.10 bits per heavy atom. The van der Waals surface area contributed by atoms with Crippen molar-refractivity contribution < 1.29 is 4.79 Å². The Hall–Kier alpha value is -3.08. The minimum Gasteiger partial charge on any atom is -0.362 e. The molecule has 1 aromatic heterocycles. The molecule has 1 unspecified atom stereocenters. The number of nitrogens with one attached hydrogen (secondary N) is 1. The molecule has 0 spiro atoms. The molecule has 0 radical (unpaired) electrons. The molecule has 30 heavy (non-hydrogen) atoms. The van der Waals surface area contributed by atoms with Crippen molar-refractivity contribution in [2.45, 2.75) is 51.6 Å². The van der Waals surface area contributed by atoms with Gasteiger partial charge in [-0.25, -0.2) is 0 Å². The van der Waals surface area contributed by atoms with Crippen molar-refractivity contribution in [3.05, 3.63) is 77.4 Å². The summed E-state index contributed by atoms with van der Waals surface area (Å²) in [4.78, 5) is 17.7. The molecule has 0 fully saturated rings. The van der Waals surface area contributed by atoms with E-state index in [1.807, 2.05) is 30.7 Å². The summed E-state index contributed by atoms with van der Waals surface area (Å²) < 4.78 is 0. The van der Waals surface area contributed by atoms with E-state index in [-0.39, 0.29) is 17.4 Å². The highest BCUT2D eigenvalue weighted by Crippen LogP contribution is 2.53. The van der Waals surface area contributed by atoms with Gasteiger partial charge in [-0.05, 0) is 53.1 Å². The summed E-state index contributed by atoms with van der Waals surface area (Å²) in [7, 11) is 0. The van der Waals surface area contributed by atoms with E-state index in [0.717, 1.165) is 46.4 Å². The van der Waals surface area contributed by atoms with E-state index < -0.39 is 5.41 Å². The van der Waals surface area contributed by atoms with Gasteiger partial charge in [-0.3, -0.25) is 9.78 Å². The van der Waals surface area contributed by atoms with Crippen molar-refractivity contribution in [3.8, 4) is 11.1 Å². The molecule has 0 saturated carbocycles. The molecule has 2 aliphatic heterocycles. The monoisotopic (exact) mass is 398 g/mol. The number of allylic oxidation sites excluding steroid dienone is 2. The first-order valence-corrected chi connectivity index (χ1v) is 10.6. The molecule has 5 heteroatoms. The van der Waals surface area contributed by atoms with Gasteiger partial charge in [0.2, 0.25) is 0 Å². The van der Waals surface area contributed by atoms with E-state index in [4.69, 9.17) is 0 Å². The van der Waals surface area contributed by atoms with Crippen LogP contribution in [-0.4, -0.2) is 16.9 Å². The number of azo groups is 1. The van der Waals surface area contributed by atoms with Crippen LogP contribution in [0.4, 0.5) is 0 Å². The average molecular weight is 399 g/mol. The van der Waals surface area contributed by atoms with Gasteiger partial charge in [0.15, 0.2) is 11.9 Å². The maximum Gasteiger partial charge on any atom is 0.164 e. The SMILES string of the molecule is CC[C@@]1(c2cccc(-c3ccncc3)c2)C2=CN=NC2NC2=C1C(=O)CC(C)(C)C2. The molecule has 1 N–H and O–H groups in total. The number of hydrogen-bond acceptors (Lipinski definition) is 5. The molecule has 0 bridgehead atoms. The predicted molar refractivity (Wildman–Crippen MR) is 117 cm³/mol. The smallest absolute Gasteiger partial charge is 0.164 e. The zero-order chi connectivity index (χ0) is 20.9. The van der Waals surface area contributed by atoms with Gasteiger partial charge >= 0.3 is 0 Å². The number of Topliss-reactive ketones (excluding diaryl/α,β-unsaturated/α-hetero) is 1. The van der Waals surface area contributed by atoms with Crippen LogP contribution in [0, 0.1) is 5.41 Å². The third-order valence-corrected chi connectivity index (χ3v) is 6.68. The quantitative estimate of drug-likeness (QED) is 0.761. The number of carbonyl (C=O) groups is 1. The van der Waals surface area contributed by atoms with Gasteiger partial charge in [0.1, 0.15) is 0 Å². The van der Waals surface area contributed by atoms with E-state index in [0.29, 0.717) is 6.42 Å².